The Morgan fingerprint density at radius 1 is 1.32 bits per heavy atom. The van der Waals surface area contributed by atoms with Crippen molar-refractivity contribution in [3.63, 3.8) is 0 Å². The van der Waals surface area contributed by atoms with Gasteiger partial charge in [-0.25, -0.2) is 0 Å². The fraction of sp³-hybridized carbons (Fsp3) is 1.00. The van der Waals surface area contributed by atoms with Gasteiger partial charge in [-0.05, 0) is 25.3 Å². The van der Waals surface area contributed by atoms with E-state index in [2.05, 4.69) is 29.0 Å². The predicted octanol–water partition coefficient (Wildman–Crippen LogP) is 1.03. The highest BCUT2D eigenvalue weighted by Gasteiger charge is 2.19. The highest BCUT2D eigenvalue weighted by Crippen LogP contribution is 2.09. The quantitative estimate of drug-likeness (QED) is 0.747. The molecule has 2 heterocycles. The lowest BCUT2D eigenvalue weighted by atomic mass is 10.1. The first-order valence-corrected chi connectivity index (χ1v) is 8.00. The second-order valence-electron chi connectivity index (χ2n) is 6.40. The zero-order valence-corrected chi connectivity index (χ0v) is 12.7. The van der Waals surface area contributed by atoms with Gasteiger partial charge in [-0.15, -0.1) is 0 Å². The van der Waals surface area contributed by atoms with Crippen molar-refractivity contribution in [2.24, 2.45) is 5.92 Å². The van der Waals surface area contributed by atoms with Crippen LogP contribution >= 0.6 is 0 Å². The Morgan fingerprint density at radius 3 is 2.74 bits per heavy atom. The highest BCUT2D eigenvalue weighted by molar-refractivity contribution is 4.79. The number of rotatable bonds is 7. The third-order valence-electron chi connectivity index (χ3n) is 4.10. The number of ether oxygens (including phenoxy) is 1. The Hall–Kier alpha value is -0.160. The first kappa shape index (κ1) is 15.2. The van der Waals surface area contributed by atoms with Crippen LogP contribution in [0, 0.1) is 5.92 Å². The van der Waals surface area contributed by atoms with Gasteiger partial charge < -0.3 is 15.0 Å². The number of morpholine rings is 1. The highest BCUT2D eigenvalue weighted by atomic mass is 16.5. The average molecular weight is 269 g/mol. The maximum absolute atomic E-state index is 5.41. The minimum atomic E-state index is 0.725. The molecule has 0 amide bonds. The Labute approximate surface area is 118 Å². The Kier molecular flexibility index (Phi) is 6.57. The van der Waals surface area contributed by atoms with Crippen LogP contribution in [-0.4, -0.2) is 74.9 Å². The van der Waals surface area contributed by atoms with E-state index in [0.717, 1.165) is 38.3 Å². The molecule has 2 saturated heterocycles. The average Bonchev–Trinajstić information content (AvgIpc) is 2.89. The van der Waals surface area contributed by atoms with Crippen molar-refractivity contribution in [1.82, 2.24) is 15.1 Å². The second kappa shape index (κ2) is 8.20. The number of nitrogens with zero attached hydrogens (tertiary/aromatic N) is 2. The topological polar surface area (TPSA) is 27.7 Å². The standard InChI is InChI=1S/C15H31N3O/c1-14(2)12-18(13-15-4-3-5-16-15)7-6-17-8-10-19-11-9-17/h14-16H,3-13H2,1-2H3. The fourth-order valence-corrected chi connectivity index (χ4v) is 3.11. The molecule has 0 spiro atoms. The van der Waals surface area contributed by atoms with Gasteiger partial charge in [0, 0.05) is 45.3 Å². The normalized spacial score (nSPS) is 25.6. The largest absolute Gasteiger partial charge is 0.379 e. The van der Waals surface area contributed by atoms with Gasteiger partial charge in [-0.2, -0.15) is 0 Å². The van der Waals surface area contributed by atoms with Crippen LogP contribution in [0.1, 0.15) is 26.7 Å². The molecule has 0 aromatic heterocycles. The van der Waals surface area contributed by atoms with E-state index in [1.165, 1.54) is 45.6 Å². The van der Waals surface area contributed by atoms with Crippen molar-refractivity contribution < 1.29 is 4.74 Å². The van der Waals surface area contributed by atoms with Gasteiger partial charge in [0.2, 0.25) is 0 Å². The molecule has 0 saturated carbocycles. The summed E-state index contributed by atoms with van der Waals surface area (Å²) < 4.78 is 5.41. The van der Waals surface area contributed by atoms with E-state index in [1.807, 2.05) is 0 Å². The van der Waals surface area contributed by atoms with Crippen LogP contribution in [0.4, 0.5) is 0 Å². The Bertz CT molecular complexity index is 236. The molecule has 2 fully saturated rings. The Balaban J connectivity index is 1.72. The van der Waals surface area contributed by atoms with Gasteiger partial charge in [0.25, 0.3) is 0 Å². The number of hydrogen-bond acceptors (Lipinski definition) is 4. The molecule has 0 radical (unpaired) electrons. The van der Waals surface area contributed by atoms with Crippen molar-refractivity contribution >= 4 is 0 Å². The summed E-state index contributed by atoms with van der Waals surface area (Å²) in [6, 6.07) is 0.725. The molecule has 4 heteroatoms. The van der Waals surface area contributed by atoms with Gasteiger partial charge in [0.05, 0.1) is 13.2 Å². The van der Waals surface area contributed by atoms with Crippen LogP contribution < -0.4 is 5.32 Å². The lowest BCUT2D eigenvalue weighted by molar-refractivity contribution is 0.0323. The molecule has 0 bridgehead atoms. The molecule has 2 aliphatic heterocycles. The van der Waals surface area contributed by atoms with E-state index in [-0.39, 0.29) is 0 Å². The number of nitrogens with one attached hydrogen (secondary N) is 1. The lowest BCUT2D eigenvalue weighted by Gasteiger charge is -2.32. The third-order valence-corrected chi connectivity index (χ3v) is 4.10. The maximum atomic E-state index is 5.41. The van der Waals surface area contributed by atoms with Gasteiger partial charge >= 0.3 is 0 Å². The molecule has 19 heavy (non-hydrogen) atoms. The minimum absolute atomic E-state index is 0.725. The van der Waals surface area contributed by atoms with Crippen molar-refractivity contribution in [1.29, 1.82) is 0 Å². The molecule has 0 aliphatic carbocycles. The number of hydrogen-bond donors (Lipinski definition) is 1. The van der Waals surface area contributed by atoms with Crippen molar-refractivity contribution in [3.05, 3.63) is 0 Å². The summed E-state index contributed by atoms with van der Waals surface area (Å²) in [7, 11) is 0. The summed E-state index contributed by atoms with van der Waals surface area (Å²) in [5.74, 6) is 0.756. The maximum Gasteiger partial charge on any atom is 0.0594 e. The van der Waals surface area contributed by atoms with Crippen LogP contribution in [0.25, 0.3) is 0 Å². The monoisotopic (exact) mass is 269 g/mol. The van der Waals surface area contributed by atoms with E-state index < -0.39 is 0 Å². The molecule has 0 aromatic rings. The summed E-state index contributed by atoms with van der Waals surface area (Å²) in [6.45, 7) is 14.7. The predicted molar refractivity (Wildman–Crippen MR) is 79.6 cm³/mol. The van der Waals surface area contributed by atoms with Crippen LogP contribution in [-0.2, 0) is 4.74 Å². The van der Waals surface area contributed by atoms with E-state index in [4.69, 9.17) is 4.74 Å². The smallest absolute Gasteiger partial charge is 0.0594 e. The molecule has 1 unspecified atom stereocenters. The molecule has 0 aromatic carbocycles. The first-order valence-electron chi connectivity index (χ1n) is 8.00. The minimum Gasteiger partial charge on any atom is -0.379 e. The zero-order chi connectivity index (χ0) is 13.5. The molecule has 2 rings (SSSR count). The van der Waals surface area contributed by atoms with Gasteiger partial charge in [0.15, 0.2) is 0 Å². The summed E-state index contributed by atoms with van der Waals surface area (Å²) in [5.41, 5.74) is 0. The summed E-state index contributed by atoms with van der Waals surface area (Å²) >= 11 is 0. The zero-order valence-electron chi connectivity index (χ0n) is 12.7. The molecular weight excluding hydrogens is 238 g/mol. The van der Waals surface area contributed by atoms with Crippen molar-refractivity contribution in [3.8, 4) is 0 Å². The van der Waals surface area contributed by atoms with Gasteiger partial charge in [-0.3, -0.25) is 4.90 Å². The van der Waals surface area contributed by atoms with Crippen molar-refractivity contribution in [2.45, 2.75) is 32.7 Å². The van der Waals surface area contributed by atoms with E-state index in [9.17, 15) is 0 Å². The summed E-state index contributed by atoms with van der Waals surface area (Å²) in [4.78, 5) is 5.20. The molecule has 2 aliphatic rings. The van der Waals surface area contributed by atoms with E-state index in [0.29, 0.717) is 0 Å². The Morgan fingerprint density at radius 2 is 2.11 bits per heavy atom. The van der Waals surface area contributed by atoms with Crippen molar-refractivity contribution in [2.75, 3.05) is 59.0 Å². The molecule has 4 nitrogen and oxygen atoms in total. The lowest BCUT2D eigenvalue weighted by Crippen LogP contribution is -2.45. The summed E-state index contributed by atoms with van der Waals surface area (Å²) in [5, 5.41) is 3.62. The molecule has 112 valence electrons. The fourth-order valence-electron chi connectivity index (χ4n) is 3.11. The van der Waals surface area contributed by atoms with Crippen LogP contribution in [0.5, 0.6) is 0 Å². The van der Waals surface area contributed by atoms with Crippen LogP contribution in [0.15, 0.2) is 0 Å². The van der Waals surface area contributed by atoms with Gasteiger partial charge in [0.1, 0.15) is 0 Å². The second-order valence-corrected chi connectivity index (χ2v) is 6.40. The molecular formula is C15H31N3O. The summed E-state index contributed by atoms with van der Waals surface area (Å²) in [6.07, 6.45) is 2.70. The van der Waals surface area contributed by atoms with Crippen LogP contribution in [0.3, 0.4) is 0 Å². The first-order chi connectivity index (χ1) is 9.24. The third kappa shape index (κ3) is 5.78. The van der Waals surface area contributed by atoms with E-state index in [1.54, 1.807) is 0 Å². The molecule has 1 N–H and O–H groups in total. The molecule has 1 atom stereocenters. The SMILES string of the molecule is CC(C)CN(CCN1CCOCC1)CC1CCCN1. The van der Waals surface area contributed by atoms with Gasteiger partial charge in [-0.1, -0.05) is 13.8 Å². The van der Waals surface area contributed by atoms with E-state index >= 15 is 0 Å². The van der Waals surface area contributed by atoms with Crippen LogP contribution in [0.2, 0.25) is 0 Å².